The predicted molar refractivity (Wildman–Crippen MR) is 108 cm³/mol. The Morgan fingerprint density at radius 1 is 1.00 bits per heavy atom. The second kappa shape index (κ2) is 7.77. The van der Waals surface area contributed by atoms with Gasteiger partial charge in [-0.15, -0.1) is 0 Å². The van der Waals surface area contributed by atoms with E-state index >= 15 is 0 Å². The average Bonchev–Trinajstić information content (AvgIpc) is 2.97. The molecule has 2 heterocycles. The Morgan fingerprint density at radius 3 is 2.12 bits per heavy atom. The number of nitrogens with zero attached hydrogens (tertiary/aromatic N) is 3. The first-order chi connectivity index (χ1) is 12.3. The van der Waals surface area contributed by atoms with E-state index in [1.807, 2.05) is 0 Å². The Hall–Kier alpha value is -1.26. The van der Waals surface area contributed by atoms with Crippen molar-refractivity contribution in [1.29, 1.82) is 0 Å². The summed E-state index contributed by atoms with van der Waals surface area (Å²) in [5.74, 6) is 0.910. The molecule has 144 valence electrons. The number of halogens is 1. The summed E-state index contributed by atoms with van der Waals surface area (Å²) < 4.78 is 5.76. The van der Waals surface area contributed by atoms with E-state index in [0.29, 0.717) is 11.8 Å². The predicted octanol–water partition coefficient (Wildman–Crippen LogP) is 5.81. The molecule has 0 radical (unpaired) electrons. The summed E-state index contributed by atoms with van der Waals surface area (Å²) in [7, 11) is 10.7. The summed E-state index contributed by atoms with van der Waals surface area (Å²) in [5, 5.41) is 0. The summed E-state index contributed by atoms with van der Waals surface area (Å²) in [6, 6.07) is 11.1. The number of pyridine rings is 1. The molecular weight excluding hydrogens is 527 g/mol. The minimum absolute atomic E-state index is 0.455. The Kier molecular flexibility index (Phi) is 5.83. The molecule has 0 aliphatic heterocycles. The van der Waals surface area contributed by atoms with E-state index in [1.54, 1.807) is 0 Å². The maximum atomic E-state index is 6.51. The molecule has 1 aromatic carbocycles. The fourth-order valence-electron chi connectivity index (χ4n) is 3.33. The molecular formula is C21H27AuClN3. The zero-order valence-electron chi connectivity index (χ0n) is 16.2. The summed E-state index contributed by atoms with van der Waals surface area (Å²) >= 11 is -0.485. The van der Waals surface area contributed by atoms with Crippen LogP contribution in [0.3, 0.4) is 0 Å². The summed E-state index contributed by atoms with van der Waals surface area (Å²) in [6.07, 6.45) is 4.39. The molecule has 3 aromatic rings. The first-order valence-corrected chi connectivity index (χ1v) is 12.7. The fourth-order valence-corrected chi connectivity index (χ4v) is 5.44. The van der Waals surface area contributed by atoms with Crippen molar-refractivity contribution in [2.24, 2.45) is 0 Å². The van der Waals surface area contributed by atoms with Crippen molar-refractivity contribution in [1.82, 2.24) is 8.97 Å². The molecule has 0 aliphatic carbocycles. The molecule has 0 bridgehead atoms. The number of rotatable bonds is 4. The zero-order valence-corrected chi connectivity index (χ0v) is 19.1. The van der Waals surface area contributed by atoms with E-state index in [9.17, 15) is 0 Å². The number of hydrogen-bond acceptors (Lipinski definition) is 1. The van der Waals surface area contributed by atoms with E-state index in [0.717, 1.165) is 0 Å². The molecule has 0 saturated carbocycles. The van der Waals surface area contributed by atoms with Crippen LogP contribution in [0.25, 0.3) is 11.2 Å². The Bertz CT molecular complexity index is 970. The van der Waals surface area contributed by atoms with E-state index in [1.165, 1.54) is 31.6 Å². The summed E-state index contributed by atoms with van der Waals surface area (Å²) in [4.78, 5) is 2.13. The summed E-state index contributed by atoms with van der Waals surface area (Å²) in [6.45, 7) is 9.05. The standard InChI is InChI=1S/C21H27N3.Au.ClH/c1-15(2)19-8-7-9-20(16(3)4)21(19)24-13-18-12-17(22(5)6)10-11-23(18)14-24;;/h7-13,15-16H,1-6H3;;1H/q;+1;/p-1. The zero-order chi connectivity index (χ0) is 19.0. The molecule has 0 amide bonds. The first kappa shape index (κ1) is 19.5. The molecule has 2 aromatic heterocycles. The third kappa shape index (κ3) is 3.46. The van der Waals surface area contributed by atoms with Gasteiger partial charge in [-0.2, -0.15) is 0 Å². The SMILES string of the molecule is CC(C)c1cccc(C(C)C)c1-n1cc2cc(N(C)C)ccn2[c]1=[Au][Cl]. The molecule has 0 atom stereocenters. The maximum absolute atomic E-state index is 6.51. The third-order valence-electron chi connectivity index (χ3n) is 4.74. The van der Waals surface area contributed by atoms with Crippen LogP contribution in [-0.2, 0) is 18.2 Å². The van der Waals surface area contributed by atoms with Crippen molar-refractivity contribution in [2.75, 3.05) is 19.0 Å². The molecule has 0 saturated heterocycles. The van der Waals surface area contributed by atoms with Crippen molar-refractivity contribution < 1.29 is 18.2 Å². The molecule has 26 heavy (non-hydrogen) atoms. The molecule has 0 spiro atoms. The average molecular weight is 554 g/mol. The molecule has 0 N–H and O–H groups in total. The molecule has 3 rings (SSSR count). The van der Waals surface area contributed by atoms with Gasteiger partial charge in [0.15, 0.2) is 0 Å². The van der Waals surface area contributed by atoms with Gasteiger partial charge in [0.2, 0.25) is 0 Å². The topological polar surface area (TPSA) is 12.6 Å². The van der Waals surface area contributed by atoms with Gasteiger partial charge in [0.25, 0.3) is 0 Å². The minimum atomic E-state index is -0.485. The monoisotopic (exact) mass is 553 g/mol. The number of imidazole rings is 1. The molecule has 3 nitrogen and oxygen atoms in total. The van der Waals surface area contributed by atoms with Crippen molar-refractivity contribution in [3.63, 3.8) is 0 Å². The summed E-state index contributed by atoms with van der Waals surface area (Å²) in [5.41, 5.74) is 6.42. The van der Waals surface area contributed by atoms with Gasteiger partial charge in [-0.05, 0) is 0 Å². The quantitative estimate of drug-likeness (QED) is 0.372. The van der Waals surface area contributed by atoms with Crippen LogP contribution in [0.4, 0.5) is 5.69 Å². The molecule has 0 fully saturated rings. The van der Waals surface area contributed by atoms with Gasteiger partial charge in [0.05, 0.1) is 0 Å². The van der Waals surface area contributed by atoms with Crippen LogP contribution in [0.5, 0.6) is 0 Å². The van der Waals surface area contributed by atoms with Gasteiger partial charge in [0, 0.05) is 0 Å². The second-order valence-electron chi connectivity index (χ2n) is 7.46. The van der Waals surface area contributed by atoms with Crippen LogP contribution in [0.1, 0.15) is 50.7 Å². The molecule has 0 unspecified atom stereocenters. The van der Waals surface area contributed by atoms with Gasteiger partial charge in [-0.3, -0.25) is 0 Å². The number of para-hydroxylation sites is 1. The fraction of sp³-hybridized carbons (Fsp3) is 0.381. The van der Waals surface area contributed by atoms with Crippen LogP contribution in [0.15, 0.2) is 42.7 Å². The molecule has 5 heteroatoms. The van der Waals surface area contributed by atoms with Gasteiger partial charge in [-0.25, -0.2) is 0 Å². The van der Waals surface area contributed by atoms with Crippen molar-refractivity contribution >= 4 is 20.4 Å². The van der Waals surface area contributed by atoms with Crippen LogP contribution in [-0.4, -0.2) is 23.1 Å². The van der Waals surface area contributed by atoms with E-state index in [2.05, 4.69) is 98.4 Å². The van der Waals surface area contributed by atoms with E-state index in [4.69, 9.17) is 9.19 Å². The molecule has 0 aliphatic rings. The van der Waals surface area contributed by atoms with Crippen molar-refractivity contribution in [2.45, 2.75) is 39.5 Å². The van der Waals surface area contributed by atoms with Crippen LogP contribution < -0.4 is 4.90 Å². The Morgan fingerprint density at radius 2 is 1.62 bits per heavy atom. The van der Waals surface area contributed by atoms with Gasteiger partial charge in [0.1, 0.15) is 0 Å². The van der Waals surface area contributed by atoms with Gasteiger partial charge < -0.3 is 0 Å². The van der Waals surface area contributed by atoms with Crippen LogP contribution >= 0.6 is 9.19 Å². The number of anilines is 1. The third-order valence-corrected chi connectivity index (χ3v) is 6.99. The van der Waals surface area contributed by atoms with Crippen LogP contribution in [0, 0.1) is 3.63 Å². The Labute approximate surface area is 168 Å². The van der Waals surface area contributed by atoms with E-state index in [-0.39, 0.29) is 0 Å². The number of fused-ring (bicyclic) bond motifs is 1. The number of hydrogen-bond donors (Lipinski definition) is 0. The van der Waals surface area contributed by atoms with Crippen molar-refractivity contribution in [3.05, 3.63) is 57.5 Å². The Balaban J connectivity index is 2.39. The second-order valence-corrected chi connectivity index (χ2v) is 9.77. The van der Waals surface area contributed by atoms with Gasteiger partial charge in [-0.1, -0.05) is 0 Å². The normalized spacial score (nSPS) is 13.2. The number of benzene rings is 1. The van der Waals surface area contributed by atoms with E-state index < -0.39 is 18.2 Å². The van der Waals surface area contributed by atoms with Crippen LogP contribution in [0.2, 0.25) is 0 Å². The van der Waals surface area contributed by atoms with Gasteiger partial charge >= 0.3 is 169 Å². The van der Waals surface area contributed by atoms with Crippen molar-refractivity contribution in [3.8, 4) is 5.69 Å². The first-order valence-electron chi connectivity index (χ1n) is 8.91. The number of aromatic nitrogens is 2.